The predicted octanol–water partition coefficient (Wildman–Crippen LogP) is 5.04. The fourth-order valence-electron chi connectivity index (χ4n) is 2.32. The van der Waals surface area contributed by atoms with Crippen LogP contribution in [0.3, 0.4) is 0 Å². The molecular weight excluding hydrogens is 377 g/mol. The molecule has 134 valence electrons. The average molecular weight is 398 g/mol. The molecule has 2 aromatic carbocycles. The number of amides is 1. The maximum atomic E-state index is 11.9. The van der Waals surface area contributed by atoms with Gasteiger partial charge in [0.05, 0.1) is 12.3 Å². The zero-order chi connectivity index (χ0) is 18.2. The van der Waals surface area contributed by atoms with Gasteiger partial charge in [-0.05, 0) is 54.8 Å². The van der Waals surface area contributed by atoms with Crippen LogP contribution >= 0.6 is 35.0 Å². The molecule has 0 heterocycles. The number of carbonyl (C=O) groups excluding carboxylic acids is 1. The Morgan fingerprint density at radius 2 is 1.84 bits per heavy atom. The second-order valence-electron chi connectivity index (χ2n) is 5.75. The highest BCUT2D eigenvalue weighted by atomic mass is 35.5. The highest BCUT2D eigenvalue weighted by Gasteiger charge is 2.05. The number of benzene rings is 2. The smallest absolute Gasteiger partial charge is 0.230 e. The van der Waals surface area contributed by atoms with E-state index in [0.717, 1.165) is 22.4 Å². The Balaban J connectivity index is 1.64. The number of hydrogen-bond donors (Lipinski definition) is 1. The van der Waals surface area contributed by atoms with Crippen molar-refractivity contribution in [3.8, 4) is 5.75 Å². The van der Waals surface area contributed by atoms with Crippen LogP contribution in [0.2, 0.25) is 10.0 Å². The molecule has 0 atom stereocenters. The van der Waals surface area contributed by atoms with E-state index < -0.39 is 0 Å². The van der Waals surface area contributed by atoms with E-state index in [0.29, 0.717) is 34.7 Å². The minimum Gasteiger partial charge on any atom is -0.492 e. The third-order valence-electron chi connectivity index (χ3n) is 3.39. The molecule has 0 unspecified atom stereocenters. The number of carbonyl (C=O) groups is 1. The molecular formula is C19H21Cl2NO2S. The molecule has 1 amide bonds. The predicted molar refractivity (Wildman–Crippen MR) is 107 cm³/mol. The number of ether oxygens (including phenoxy) is 1. The van der Waals surface area contributed by atoms with Gasteiger partial charge in [-0.15, -0.1) is 11.8 Å². The number of hydrogen-bond acceptors (Lipinski definition) is 3. The Bertz CT molecular complexity index is 717. The van der Waals surface area contributed by atoms with Gasteiger partial charge < -0.3 is 10.1 Å². The summed E-state index contributed by atoms with van der Waals surface area (Å²) >= 11 is 13.5. The van der Waals surface area contributed by atoms with Crippen LogP contribution < -0.4 is 10.1 Å². The summed E-state index contributed by atoms with van der Waals surface area (Å²) in [5.74, 6) is 1.86. The van der Waals surface area contributed by atoms with Crippen LogP contribution in [0.25, 0.3) is 0 Å². The third-order valence-corrected chi connectivity index (χ3v) is 4.96. The molecule has 0 bridgehead atoms. The second kappa shape index (κ2) is 9.95. The first-order chi connectivity index (χ1) is 11.9. The molecule has 3 nitrogen and oxygen atoms in total. The van der Waals surface area contributed by atoms with Crippen LogP contribution in [-0.4, -0.2) is 24.8 Å². The van der Waals surface area contributed by atoms with Gasteiger partial charge in [-0.25, -0.2) is 0 Å². The summed E-state index contributed by atoms with van der Waals surface area (Å²) in [7, 11) is 0. The highest BCUT2D eigenvalue weighted by Crippen LogP contribution is 2.24. The van der Waals surface area contributed by atoms with Crippen molar-refractivity contribution in [2.24, 2.45) is 0 Å². The number of halogens is 2. The summed E-state index contributed by atoms with van der Waals surface area (Å²) in [6.45, 7) is 4.99. The summed E-state index contributed by atoms with van der Waals surface area (Å²) in [4.78, 5) is 11.9. The van der Waals surface area contributed by atoms with Crippen molar-refractivity contribution >= 4 is 40.9 Å². The van der Waals surface area contributed by atoms with Crippen LogP contribution in [-0.2, 0) is 10.5 Å². The Labute approximate surface area is 163 Å². The van der Waals surface area contributed by atoms with E-state index in [1.54, 1.807) is 12.1 Å². The van der Waals surface area contributed by atoms with Gasteiger partial charge in [0.15, 0.2) is 0 Å². The molecule has 0 saturated carbocycles. The number of thioether (sulfide) groups is 1. The Morgan fingerprint density at radius 3 is 2.52 bits per heavy atom. The van der Waals surface area contributed by atoms with E-state index in [9.17, 15) is 4.79 Å². The number of aryl methyl sites for hydroxylation is 2. The fraction of sp³-hybridized carbons (Fsp3) is 0.316. The van der Waals surface area contributed by atoms with E-state index in [2.05, 4.69) is 11.4 Å². The molecule has 0 radical (unpaired) electrons. The Hall–Kier alpha value is -1.36. The summed E-state index contributed by atoms with van der Waals surface area (Å²) < 4.78 is 5.67. The molecule has 0 aliphatic carbocycles. The quantitative estimate of drug-likeness (QED) is 0.634. The monoisotopic (exact) mass is 397 g/mol. The molecule has 2 aromatic rings. The molecule has 0 aliphatic rings. The molecule has 0 fully saturated rings. The lowest BCUT2D eigenvalue weighted by molar-refractivity contribution is -0.118. The molecule has 1 N–H and O–H groups in total. The van der Waals surface area contributed by atoms with Crippen molar-refractivity contribution in [3.63, 3.8) is 0 Å². The van der Waals surface area contributed by atoms with Crippen molar-refractivity contribution in [2.45, 2.75) is 19.6 Å². The van der Waals surface area contributed by atoms with E-state index in [-0.39, 0.29) is 5.91 Å². The zero-order valence-electron chi connectivity index (χ0n) is 14.3. The normalized spacial score (nSPS) is 10.6. The lowest BCUT2D eigenvalue weighted by atomic mass is 10.1. The summed E-state index contributed by atoms with van der Waals surface area (Å²) in [5.41, 5.74) is 3.30. The molecule has 0 saturated heterocycles. The van der Waals surface area contributed by atoms with E-state index >= 15 is 0 Å². The van der Waals surface area contributed by atoms with Crippen LogP contribution in [0, 0.1) is 13.8 Å². The van der Waals surface area contributed by atoms with E-state index in [1.165, 1.54) is 11.8 Å². The molecule has 2 rings (SSSR count). The Kier molecular flexibility index (Phi) is 7.94. The van der Waals surface area contributed by atoms with Crippen LogP contribution in [0.4, 0.5) is 0 Å². The first-order valence-corrected chi connectivity index (χ1v) is 9.84. The molecule has 0 aromatic heterocycles. The van der Waals surface area contributed by atoms with Crippen molar-refractivity contribution in [2.75, 3.05) is 18.9 Å². The number of rotatable bonds is 8. The first-order valence-electron chi connectivity index (χ1n) is 7.93. The van der Waals surface area contributed by atoms with Gasteiger partial charge in [-0.3, -0.25) is 4.79 Å². The zero-order valence-corrected chi connectivity index (χ0v) is 16.6. The molecule has 0 aliphatic heterocycles. The van der Waals surface area contributed by atoms with Crippen LogP contribution in [0.1, 0.15) is 16.7 Å². The van der Waals surface area contributed by atoms with Crippen molar-refractivity contribution < 1.29 is 9.53 Å². The van der Waals surface area contributed by atoms with Gasteiger partial charge in [0.2, 0.25) is 5.91 Å². The van der Waals surface area contributed by atoms with Crippen molar-refractivity contribution in [3.05, 3.63) is 63.1 Å². The lowest BCUT2D eigenvalue weighted by Crippen LogP contribution is -2.29. The third kappa shape index (κ3) is 7.18. The summed E-state index contributed by atoms with van der Waals surface area (Å²) in [6.07, 6.45) is 0. The molecule has 0 spiro atoms. The SMILES string of the molecule is Cc1cc(C)cc(OCCNC(=O)CSCc2ccc(Cl)cc2Cl)c1. The van der Waals surface area contributed by atoms with Crippen molar-refractivity contribution in [1.29, 1.82) is 0 Å². The van der Waals surface area contributed by atoms with Gasteiger partial charge >= 0.3 is 0 Å². The molecule has 25 heavy (non-hydrogen) atoms. The minimum atomic E-state index is -0.0147. The van der Waals surface area contributed by atoms with Crippen molar-refractivity contribution in [1.82, 2.24) is 5.32 Å². The minimum absolute atomic E-state index is 0.0147. The van der Waals surface area contributed by atoms with Crippen LogP contribution in [0.15, 0.2) is 36.4 Å². The fourth-order valence-corrected chi connectivity index (χ4v) is 3.73. The second-order valence-corrected chi connectivity index (χ2v) is 7.58. The maximum Gasteiger partial charge on any atom is 0.230 e. The summed E-state index contributed by atoms with van der Waals surface area (Å²) in [5, 5.41) is 4.09. The largest absolute Gasteiger partial charge is 0.492 e. The van der Waals surface area contributed by atoms with Gasteiger partial charge in [0.1, 0.15) is 12.4 Å². The van der Waals surface area contributed by atoms with Crippen LogP contribution in [0.5, 0.6) is 5.75 Å². The van der Waals surface area contributed by atoms with Gasteiger partial charge in [-0.1, -0.05) is 35.3 Å². The average Bonchev–Trinajstić information content (AvgIpc) is 2.53. The number of nitrogens with one attached hydrogen (secondary N) is 1. The highest BCUT2D eigenvalue weighted by molar-refractivity contribution is 7.99. The van der Waals surface area contributed by atoms with Gasteiger partial charge in [-0.2, -0.15) is 0 Å². The first kappa shape index (κ1) is 20.0. The standard InChI is InChI=1S/C19H21Cl2NO2S/c1-13-7-14(2)9-17(8-13)24-6-5-22-19(23)12-25-11-15-3-4-16(20)10-18(15)21/h3-4,7-10H,5-6,11-12H2,1-2H3,(H,22,23). The topological polar surface area (TPSA) is 38.3 Å². The van der Waals surface area contributed by atoms with E-state index in [4.69, 9.17) is 27.9 Å². The van der Waals surface area contributed by atoms with Gasteiger partial charge in [0, 0.05) is 15.8 Å². The molecule has 6 heteroatoms. The Morgan fingerprint density at radius 1 is 1.12 bits per heavy atom. The summed E-state index contributed by atoms with van der Waals surface area (Å²) in [6, 6.07) is 11.5. The van der Waals surface area contributed by atoms with E-state index in [1.807, 2.05) is 32.0 Å². The maximum absolute atomic E-state index is 11.9. The van der Waals surface area contributed by atoms with Gasteiger partial charge in [0.25, 0.3) is 0 Å². The lowest BCUT2D eigenvalue weighted by Gasteiger charge is -2.09.